The number of carbonyl (C=O) groups is 2. The molecule has 0 aliphatic rings. The van der Waals surface area contributed by atoms with Crippen LogP contribution in [0.5, 0.6) is 11.5 Å². The lowest BCUT2D eigenvalue weighted by Gasteiger charge is -2.14. The third kappa shape index (κ3) is 6.47. The van der Waals surface area contributed by atoms with Crippen molar-refractivity contribution in [2.45, 2.75) is 19.4 Å². The van der Waals surface area contributed by atoms with Gasteiger partial charge in [0.05, 0.1) is 13.7 Å². The highest BCUT2D eigenvalue weighted by Gasteiger charge is 2.12. The van der Waals surface area contributed by atoms with E-state index in [9.17, 15) is 9.59 Å². The Bertz CT molecular complexity index is 702. The highest BCUT2D eigenvalue weighted by molar-refractivity contribution is 5.94. The Morgan fingerprint density at radius 2 is 1.65 bits per heavy atom. The van der Waals surface area contributed by atoms with Crippen LogP contribution in [0, 0.1) is 0 Å². The molecule has 0 aromatic heterocycles. The molecule has 0 spiro atoms. The first kappa shape index (κ1) is 19.3. The smallest absolute Gasteiger partial charge is 0.251 e. The topological polar surface area (TPSA) is 76.7 Å². The van der Waals surface area contributed by atoms with Crippen molar-refractivity contribution in [2.75, 3.05) is 20.3 Å². The molecule has 2 amide bonds. The van der Waals surface area contributed by atoms with E-state index in [-0.39, 0.29) is 24.3 Å². The van der Waals surface area contributed by atoms with E-state index >= 15 is 0 Å². The van der Waals surface area contributed by atoms with Gasteiger partial charge in [-0.1, -0.05) is 18.2 Å². The van der Waals surface area contributed by atoms with Crippen molar-refractivity contribution in [3.63, 3.8) is 0 Å². The molecule has 0 aliphatic carbocycles. The maximum atomic E-state index is 12.0. The quantitative estimate of drug-likeness (QED) is 0.677. The number of benzene rings is 2. The number of hydrogen-bond acceptors (Lipinski definition) is 4. The monoisotopic (exact) mass is 356 g/mol. The van der Waals surface area contributed by atoms with Crippen molar-refractivity contribution in [3.05, 3.63) is 60.2 Å². The van der Waals surface area contributed by atoms with E-state index in [4.69, 9.17) is 9.47 Å². The second-order valence-electron chi connectivity index (χ2n) is 5.82. The average Bonchev–Trinajstić information content (AvgIpc) is 2.66. The largest absolute Gasteiger partial charge is 0.497 e. The highest BCUT2D eigenvalue weighted by Crippen LogP contribution is 2.16. The van der Waals surface area contributed by atoms with E-state index in [0.717, 1.165) is 5.75 Å². The SMILES string of the molecule is COc1ccc(OCCNC(=O)CC(C)NC(=O)c2ccccc2)cc1. The first-order valence-corrected chi connectivity index (χ1v) is 8.48. The summed E-state index contributed by atoms with van der Waals surface area (Å²) in [7, 11) is 1.61. The summed E-state index contributed by atoms with van der Waals surface area (Å²) in [6.45, 7) is 2.56. The van der Waals surface area contributed by atoms with Gasteiger partial charge >= 0.3 is 0 Å². The number of carbonyl (C=O) groups excluding carboxylic acids is 2. The van der Waals surface area contributed by atoms with Crippen LogP contribution < -0.4 is 20.1 Å². The molecular formula is C20H24N2O4. The van der Waals surface area contributed by atoms with Crippen LogP contribution in [-0.2, 0) is 4.79 Å². The van der Waals surface area contributed by atoms with Gasteiger partial charge in [0.25, 0.3) is 5.91 Å². The minimum Gasteiger partial charge on any atom is -0.497 e. The molecule has 2 rings (SSSR count). The van der Waals surface area contributed by atoms with Gasteiger partial charge in [-0.15, -0.1) is 0 Å². The van der Waals surface area contributed by atoms with E-state index < -0.39 is 0 Å². The molecule has 1 atom stereocenters. The van der Waals surface area contributed by atoms with E-state index in [0.29, 0.717) is 24.5 Å². The molecule has 0 bridgehead atoms. The predicted octanol–water partition coefficient (Wildman–Crippen LogP) is 2.40. The lowest BCUT2D eigenvalue weighted by molar-refractivity contribution is -0.121. The Morgan fingerprint density at radius 3 is 2.31 bits per heavy atom. The zero-order valence-corrected chi connectivity index (χ0v) is 15.0. The third-order valence-electron chi connectivity index (χ3n) is 3.66. The number of methoxy groups -OCH3 is 1. The Morgan fingerprint density at radius 1 is 1.00 bits per heavy atom. The van der Waals surface area contributed by atoms with Gasteiger partial charge in [-0.2, -0.15) is 0 Å². The minimum absolute atomic E-state index is 0.135. The van der Waals surface area contributed by atoms with E-state index in [2.05, 4.69) is 10.6 Å². The Balaban J connectivity index is 1.64. The van der Waals surface area contributed by atoms with Crippen LogP contribution in [0.3, 0.4) is 0 Å². The fourth-order valence-corrected chi connectivity index (χ4v) is 2.33. The van der Waals surface area contributed by atoms with Crippen molar-refractivity contribution in [3.8, 4) is 11.5 Å². The normalized spacial score (nSPS) is 11.3. The summed E-state index contributed by atoms with van der Waals surface area (Å²) in [5.41, 5.74) is 0.577. The molecule has 0 fully saturated rings. The van der Waals surface area contributed by atoms with Crippen molar-refractivity contribution >= 4 is 11.8 Å². The number of rotatable bonds is 9. The van der Waals surface area contributed by atoms with Crippen LogP contribution in [0.25, 0.3) is 0 Å². The van der Waals surface area contributed by atoms with Crippen LogP contribution in [0.1, 0.15) is 23.7 Å². The summed E-state index contributed by atoms with van der Waals surface area (Å²) in [6, 6.07) is 15.9. The van der Waals surface area contributed by atoms with Crippen LogP contribution in [0.4, 0.5) is 0 Å². The molecule has 2 aromatic carbocycles. The Labute approximate surface area is 153 Å². The van der Waals surface area contributed by atoms with Gasteiger partial charge in [0, 0.05) is 18.0 Å². The Hall–Kier alpha value is -3.02. The van der Waals surface area contributed by atoms with Gasteiger partial charge < -0.3 is 20.1 Å². The molecule has 0 saturated carbocycles. The van der Waals surface area contributed by atoms with Crippen LogP contribution >= 0.6 is 0 Å². The minimum atomic E-state index is -0.259. The lowest BCUT2D eigenvalue weighted by Crippen LogP contribution is -2.38. The molecular weight excluding hydrogens is 332 g/mol. The molecule has 0 saturated heterocycles. The summed E-state index contributed by atoms with van der Waals surface area (Å²) in [5.74, 6) is 1.15. The molecule has 1 unspecified atom stereocenters. The summed E-state index contributed by atoms with van der Waals surface area (Å²) in [4.78, 5) is 24.0. The van der Waals surface area contributed by atoms with Gasteiger partial charge in [0.1, 0.15) is 18.1 Å². The molecule has 6 nitrogen and oxygen atoms in total. The Kier molecular flexibility index (Phi) is 7.49. The molecule has 26 heavy (non-hydrogen) atoms. The van der Waals surface area contributed by atoms with Crippen LogP contribution in [-0.4, -0.2) is 38.1 Å². The summed E-state index contributed by atoms with van der Waals surface area (Å²) < 4.78 is 10.6. The van der Waals surface area contributed by atoms with Crippen LogP contribution in [0.15, 0.2) is 54.6 Å². The maximum Gasteiger partial charge on any atom is 0.251 e. The summed E-state index contributed by atoms with van der Waals surface area (Å²) in [5, 5.41) is 5.59. The van der Waals surface area contributed by atoms with Gasteiger partial charge in [0.2, 0.25) is 5.91 Å². The molecule has 0 heterocycles. The molecule has 138 valence electrons. The molecule has 2 aromatic rings. The van der Waals surface area contributed by atoms with Crippen molar-refractivity contribution < 1.29 is 19.1 Å². The van der Waals surface area contributed by atoms with Gasteiger partial charge in [-0.25, -0.2) is 0 Å². The number of nitrogens with one attached hydrogen (secondary N) is 2. The molecule has 0 aliphatic heterocycles. The number of amides is 2. The maximum absolute atomic E-state index is 12.0. The van der Waals surface area contributed by atoms with Gasteiger partial charge in [-0.05, 0) is 43.3 Å². The second-order valence-corrected chi connectivity index (χ2v) is 5.82. The van der Waals surface area contributed by atoms with Crippen molar-refractivity contribution in [2.24, 2.45) is 0 Å². The molecule has 0 radical (unpaired) electrons. The standard InChI is InChI=1S/C20H24N2O4/c1-15(22-20(24)16-6-4-3-5-7-16)14-19(23)21-12-13-26-18-10-8-17(25-2)9-11-18/h3-11,15H,12-14H2,1-2H3,(H,21,23)(H,22,24). The lowest BCUT2D eigenvalue weighted by atomic mass is 10.1. The van der Waals surface area contributed by atoms with Crippen molar-refractivity contribution in [1.82, 2.24) is 10.6 Å². The number of ether oxygens (including phenoxy) is 2. The predicted molar refractivity (Wildman–Crippen MR) is 99.5 cm³/mol. The highest BCUT2D eigenvalue weighted by atomic mass is 16.5. The van der Waals surface area contributed by atoms with E-state index in [1.807, 2.05) is 30.3 Å². The molecule has 2 N–H and O–H groups in total. The fraction of sp³-hybridized carbons (Fsp3) is 0.300. The first-order chi connectivity index (χ1) is 12.6. The summed E-state index contributed by atoms with van der Waals surface area (Å²) in [6.07, 6.45) is 0.209. The molecule has 6 heteroatoms. The van der Waals surface area contributed by atoms with Gasteiger partial charge in [-0.3, -0.25) is 9.59 Å². The fourth-order valence-electron chi connectivity index (χ4n) is 2.33. The average molecular weight is 356 g/mol. The zero-order chi connectivity index (χ0) is 18.8. The van der Waals surface area contributed by atoms with E-state index in [1.165, 1.54) is 0 Å². The first-order valence-electron chi connectivity index (χ1n) is 8.48. The van der Waals surface area contributed by atoms with Crippen LogP contribution in [0.2, 0.25) is 0 Å². The van der Waals surface area contributed by atoms with Gasteiger partial charge in [0.15, 0.2) is 0 Å². The van der Waals surface area contributed by atoms with E-state index in [1.54, 1.807) is 38.3 Å². The number of hydrogen-bond donors (Lipinski definition) is 2. The third-order valence-corrected chi connectivity index (χ3v) is 3.66. The van der Waals surface area contributed by atoms with Crippen molar-refractivity contribution in [1.29, 1.82) is 0 Å². The zero-order valence-electron chi connectivity index (χ0n) is 15.0. The summed E-state index contributed by atoms with van der Waals surface area (Å²) >= 11 is 0. The second kappa shape index (κ2) is 10.1.